The lowest BCUT2D eigenvalue weighted by Gasteiger charge is -2.35. The molecule has 2 amide bonds. The van der Waals surface area contributed by atoms with Crippen LogP contribution in [0.4, 0.5) is 4.39 Å². The fraction of sp³-hybridized carbons (Fsp3) is 0.235. The van der Waals surface area contributed by atoms with Crippen LogP contribution in [0.5, 0.6) is 0 Å². The smallest absolute Gasteiger partial charge is 0.265 e. The summed E-state index contributed by atoms with van der Waals surface area (Å²) in [7, 11) is 2.45. The van der Waals surface area contributed by atoms with E-state index >= 15 is 0 Å². The zero-order chi connectivity index (χ0) is 17.9. The number of likely N-dealkylation sites (N-methyl/N-ethyl adjacent to an activating group) is 2. The molecule has 126 valence electrons. The standard InChI is InChI=1S/C17H18FN2O2PS/c1-3-19-15(21)12(16(22)20(4-2)17(19)24)8-5-7-11-13(18)9-6-10-14(11)23/h5-10H,3-4,23H2,1-2H3/b7-5+. The second-order valence-corrected chi connectivity index (χ2v) is 6.05. The highest BCUT2D eigenvalue weighted by Crippen LogP contribution is 2.18. The number of allylic oxidation sites excluding steroid dienone is 2. The average Bonchev–Trinajstić information content (AvgIpc) is 2.54. The van der Waals surface area contributed by atoms with Crippen molar-refractivity contribution >= 4 is 49.8 Å². The van der Waals surface area contributed by atoms with E-state index in [1.807, 2.05) is 0 Å². The van der Waals surface area contributed by atoms with Gasteiger partial charge in [-0.25, -0.2) is 4.39 Å². The predicted octanol–water partition coefficient (Wildman–Crippen LogP) is 2.26. The van der Waals surface area contributed by atoms with Crippen LogP contribution < -0.4 is 5.30 Å². The fourth-order valence-corrected chi connectivity index (χ4v) is 3.14. The third-order valence-electron chi connectivity index (χ3n) is 3.66. The van der Waals surface area contributed by atoms with Gasteiger partial charge in [0.25, 0.3) is 11.8 Å². The van der Waals surface area contributed by atoms with Crippen LogP contribution in [-0.4, -0.2) is 39.8 Å². The van der Waals surface area contributed by atoms with Gasteiger partial charge in [0.2, 0.25) is 0 Å². The molecule has 0 radical (unpaired) electrons. The molecule has 1 aliphatic rings. The molecule has 0 aromatic heterocycles. The van der Waals surface area contributed by atoms with Crippen molar-refractivity contribution in [1.29, 1.82) is 0 Å². The number of hydrogen-bond donors (Lipinski definition) is 0. The topological polar surface area (TPSA) is 40.6 Å². The number of hydrogen-bond acceptors (Lipinski definition) is 3. The molecule has 1 aliphatic heterocycles. The zero-order valence-electron chi connectivity index (χ0n) is 13.5. The van der Waals surface area contributed by atoms with E-state index in [1.165, 1.54) is 34.1 Å². The highest BCUT2D eigenvalue weighted by molar-refractivity contribution is 7.80. The molecule has 1 unspecified atom stereocenters. The number of amides is 2. The van der Waals surface area contributed by atoms with Gasteiger partial charge in [-0.3, -0.25) is 19.4 Å². The summed E-state index contributed by atoms with van der Waals surface area (Å²) in [5.41, 5.74) is 0.412. The number of carbonyl (C=O) groups is 2. The van der Waals surface area contributed by atoms with Crippen LogP contribution in [0.1, 0.15) is 19.4 Å². The van der Waals surface area contributed by atoms with Gasteiger partial charge in [0.1, 0.15) is 11.4 Å². The molecule has 0 N–H and O–H groups in total. The lowest BCUT2D eigenvalue weighted by Crippen LogP contribution is -2.55. The summed E-state index contributed by atoms with van der Waals surface area (Å²) in [5, 5.41) is 0.912. The summed E-state index contributed by atoms with van der Waals surface area (Å²) in [4.78, 5) is 27.6. The van der Waals surface area contributed by atoms with E-state index in [4.69, 9.17) is 12.2 Å². The third-order valence-corrected chi connectivity index (χ3v) is 4.60. The van der Waals surface area contributed by atoms with Crippen LogP contribution in [0.3, 0.4) is 0 Å². The third kappa shape index (κ3) is 3.45. The van der Waals surface area contributed by atoms with Gasteiger partial charge in [0, 0.05) is 18.7 Å². The van der Waals surface area contributed by atoms with Gasteiger partial charge in [-0.1, -0.05) is 24.3 Å². The Morgan fingerprint density at radius 2 is 1.75 bits per heavy atom. The maximum Gasteiger partial charge on any atom is 0.265 e. The van der Waals surface area contributed by atoms with Crippen LogP contribution in [0.25, 0.3) is 6.08 Å². The van der Waals surface area contributed by atoms with Gasteiger partial charge < -0.3 is 0 Å². The molecular formula is C17H18FN2O2PS. The van der Waals surface area contributed by atoms with E-state index in [0.29, 0.717) is 24.0 Å². The first kappa shape index (κ1) is 18.4. The Labute approximate surface area is 148 Å². The van der Waals surface area contributed by atoms with Gasteiger partial charge in [-0.05, 0) is 43.5 Å². The van der Waals surface area contributed by atoms with E-state index in [0.717, 1.165) is 0 Å². The van der Waals surface area contributed by atoms with E-state index in [-0.39, 0.29) is 16.5 Å². The Morgan fingerprint density at radius 1 is 1.17 bits per heavy atom. The molecule has 1 aromatic carbocycles. The summed E-state index contributed by atoms with van der Waals surface area (Å²) < 4.78 is 13.8. The fourth-order valence-electron chi connectivity index (χ4n) is 2.37. The van der Waals surface area contributed by atoms with Crippen molar-refractivity contribution in [2.24, 2.45) is 0 Å². The summed E-state index contributed by atoms with van der Waals surface area (Å²) in [5.74, 6) is -1.23. The number of carbonyl (C=O) groups excluding carboxylic acids is 2. The lowest BCUT2D eigenvalue weighted by molar-refractivity contribution is -0.133. The Kier molecular flexibility index (Phi) is 5.97. The van der Waals surface area contributed by atoms with Gasteiger partial charge in [0.15, 0.2) is 5.11 Å². The highest BCUT2D eigenvalue weighted by atomic mass is 32.1. The molecule has 0 saturated carbocycles. The maximum absolute atomic E-state index is 13.8. The normalized spacial score (nSPS) is 15.7. The van der Waals surface area contributed by atoms with Crippen molar-refractivity contribution in [2.45, 2.75) is 13.8 Å². The molecule has 1 saturated heterocycles. The molecule has 24 heavy (non-hydrogen) atoms. The first-order chi connectivity index (χ1) is 11.4. The molecule has 1 aromatic rings. The van der Waals surface area contributed by atoms with Crippen molar-refractivity contribution in [3.8, 4) is 0 Å². The zero-order valence-corrected chi connectivity index (χ0v) is 15.4. The molecule has 1 heterocycles. The lowest BCUT2D eigenvalue weighted by atomic mass is 10.1. The molecular weight excluding hydrogens is 346 g/mol. The van der Waals surface area contributed by atoms with Crippen LogP contribution >= 0.6 is 21.5 Å². The van der Waals surface area contributed by atoms with E-state index < -0.39 is 11.8 Å². The first-order valence-electron chi connectivity index (χ1n) is 7.52. The van der Waals surface area contributed by atoms with Crippen molar-refractivity contribution in [1.82, 2.24) is 9.80 Å². The molecule has 1 fully saturated rings. The summed E-state index contributed by atoms with van der Waals surface area (Å²) in [6.07, 6.45) is 4.45. The maximum atomic E-state index is 13.8. The second kappa shape index (κ2) is 7.77. The molecule has 0 bridgehead atoms. The SMILES string of the molecule is CCN1C(=O)C(=C/C=C/c2c(F)cccc2P)C(=O)N(CC)C1=S. The van der Waals surface area contributed by atoms with Crippen molar-refractivity contribution < 1.29 is 14.0 Å². The van der Waals surface area contributed by atoms with Gasteiger partial charge in [-0.15, -0.1) is 9.24 Å². The van der Waals surface area contributed by atoms with Gasteiger partial charge >= 0.3 is 0 Å². The van der Waals surface area contributed by atoms with E-state index in [1.54, 1.807) is 26.0 Å². The minimum Gasteiger partial charge on any atom is -0.285 e. The molecule has 7 heteroatoms. The second-order valence-electron chi connectivity index (χ2n) is 5.06. The number of rotatable bonds is 4. The predicted molar refractivity (Wildman–Crippen MR) is 100 cm³/mol. The summed E-state index contributed by atoms with van der Waals surface area (Å²) in [6.45, 7) is 4.35. The molecule has 1 atom stereocenters. The first-order valence-corrected chi connectivity index (χ1v) is 8.50. The Bertz CT molecular complexity index is 713. The van der Waals surface area contributed by atoms with Crippen molar-refractivity contribution in [3.05, 3.63) is 47.3 Å². The average molecular weight is 364 g/mol. The molecule has 0 spiro atoms. The monoisotopic (exact) mass is 364 g/mol. The van der Waals surface area contributed by atoms with Gasteiger partial charge in [-0.2, -0.15) is 0 Å². The Balaban J connectivity index is 2.36. The van der Waals surface area contributed by atoms with E-state index in [9.17, 15) is 14.0 Å². The van der Waals surface area contributed by atoms with Crippen molar-refractivity contribution in [2.75, 3.05) is 13.1 Å². The summed E-state index contributed by atoms with van der Waals surface area (Å²) in [6, 6.07) is 4.72. The van der Waals surface area contributed by atoms with Crippen LogP contribution in [0.15, 0.2) is 35.9 Å². The summed E-state index contributed by atoms with van der Waals surface area (Å²) >= 11 is 5.19. The van der Waals surface area contributed by atoms with Gasteiger partial charge in [0.05, 0.1) is 0 Å². The number of halogens is 1. The quantitative estimate of drug-likeness (QED) is 0.356. The minimum absolute atomic E-state index is 0.0187. The number of nitrogens with zero attached hydrogens (tertiary/aromatic N) is 2. The molecule has 2 rings (SSSR count). The molecule has 4 nitrogen and oxygen atoms in total. The van der Waals surface area contributed by atoms with Crippen LogP contribution in [0.2, 0.25) is 0 Å². The Hall–Kier alpha value is -1.91. The number of benzene rings is 1. The van der Waals surface area contributed by atoms with Crippen LogP contribution in [0, 0.1) is 5.82 Å². The van der Waals surface area contributed by atoms with Crippen molar-refractivity contribution in [3.63, 3.8) is 0 Å². The largest absolute Gasteiger partial charge is 0.285 e. The minimum atomic E-state index is -0.429. The molecule has 0 aliphatic carbocycles. The van der Waals surface area contributed by atoms with E-state index in [2.05, 4.69) is 9.24 Å². The van der Waals surface area contributed by atoms with Crippen LogP contribution in [-0.2, 0) is 9.59 Å². The highest BCUT2D eigenvalue weighted by Gasteiger charge is 2.37. The number of thiocarbonyl (C=S) groups is 1. The Morgan fingerprint density at radius 3 is 2.25 bits per heavy atom.